The molecule has 2 aromatic carbocycles. The summed E-state index contributed by atoms with van der Waals surface area (Å²) < 4.78 is 31.9. The van der Waals surface area contributed by atoms with Crippen LogP contribution in [0.25, 0.3) is 10.9 Å². The minimum absolute atomic E-state index is 0.0217. The molecule has 12 heteroatoms. The fourth-order valence-electron chi connectivity index (χ4n) is 3.74. The topological polar surface area (TPSA) is 166 Å². The first-order valence-electron chi connectivity index (χ1n) is 10.5. The molecule has 1 saturated carbocycles. The van der Waals surface area contributed by atoms with E-state index in [1.807, 2.05) is 0 Å². The molecular formula is C22H22N4O7S. The van der Waals surface area contributed by atoms with Gasteiger partial charge in [-0.05, 0) is 43.0 Å². The van der Waals surface area contributed by atoms with Crippen LogP contribution in [-0.2, 0) is 4.79 Å². The van der Waals surface area contributed by atoms with E-state index in [1.165, 1.54) is 22.9 Å². The smallest absolute Gasteiger partial charge is 0.341 e. The van der Waals surface area contributed by atoms with Crippen LogP contribution in [0.5, 0.6) is 11.5 Å². The van der Waals surface area contributed by atoms with Gasteiger partial charge in [-0.3, -0.25) is 13.9 Å². The SMILES string of the molecule is O=C(O)COc1ccc2c(c1)S(O)(O)N=C(c1c(O)c3ccccc3n(NCC3CC3)c1=O)N2. The van der Waals surface area contributed by atoms with Crippen LogP contribution in [0.2, 0.25) is 0 Å². The molecule has 1 aromatic heterocycles. The zero-order valence-electron chi connectivity index (χ0n) is 17.8. The molecule has 178 valence electrons. The third kappa shape index (κ3) is 4.02. The van der Waals surface area contributed by atoms with Crippen LogP contribution in [0.1, 0.15) is 18.4 Å². The Morgan fingerprint density at radius 3 is 2.74 bits per heavy atom. The number of carboxylic acids is 1. The number of anilines is 1. The Hall–Kier alpha value is -3.74. The second-order valence-corrected chi connectivity index (χ2v) is 9.77. The Bertz CT molecular complexity index is 1400. The highest BCUT2D eigenvalue weighted by Gasteiger charge is 2.31. The zero-order valence-corrected chi connectivity index (χ0v) is 18.6. The minimum atomic E-state index is -3.80. The van der Waals surface area contributed by atoms with Crippen LogP contribution in [-0.4, -0.2) is 49.0 Å². The number of ether oxygens (including phenoxy) is 1. The van der Waals surface area contributed by atoms with Crippen LogP contribution in [0.4, 0.5) is 5.69 Å². The van der Waals surface area contributed by atoms with E-state index in [0.29, 0.717) is 23.4 Å². The van der Waals surface area contributed by atoms with Gasteiger partial charge in [-0.15, -0.1) is 4.40 Å². The number of aromatic nitrogens is 1. The van der Waals surface area contributed by atoms with Gasteiger partial charge in [0.1, 0.15) is 22.0 Å². The van der Waals surface area contributed by atoms with E-state index in [9.17, 15) is 23.8 Å². The molecule has 2 aliphatic rings. The number of hydrogen-bond donors (Lipinski definition) is 6. The first kappa shape index (κ1) is 22.1. The Balaban J connectivity index is 1.59. The third-order valence-corrected chi connectivity index (χ3v) is 6.97. The van der Waals surface area contributed by atoms with E-state index in [0.717, 1.165) is 12.8 Å². The maximum Gasteiger partial charge on any atom is 0.341 e. The number of nitrogens with one attached hydrogen (secondary N) is 2. The predicted octanol–water partition coefficient (Wildman–Crippen LogP) is 3.02. The van der Waals surface area contributed by atoms with Crippen LogP contribution >= 0.6 is 10.8 Å². The van der Waals surface area contributed by atoms with Crippen molar-refractivity contribution in [2.75, 3.05) is 23.9 Å². The van der Waals surface area contributed by atoms with Gasteiger partial charge in [-0.2, -0.15) is 0 Å². The van der Waals surface area contributed by atoms with Gasteiger partial charge in [0.05, 0.1) is 11.2 Å². The first-order chi connectivity index (χ1) is 16.2. The number of aliphatic carboxylic acids is 1. The molecule has 5 rings (SSSR count). The summed E-state index contributed by atoms with van der Waals surface area (Å²) in [5.74, 6) is -1.12. The summed E-state index contributed by atoms with van der Waals surface area (Å²) >= 11 is 0. The number of amidine groups is 1. The van der Waals surface area contributed by atoms with Crippen molar-refractivity contribution in [2.45, 2.75) is 17.7 Å². The minimum Gasteiger partial charge on any atom is -0.506 e. The second-order valence-electron chi connectivity index (χ2n) is 8.11. The van der Waals surface area contributed by atoms with Gasteiger partial charge in [-0.25, -0.2) is 9.47 Å². The molecular weight excluding hydrogens is 464 g/mol. The molecule has 0 unspecified atom stereocenters. The predicted molar refractivity (Wildman–Crippen MR) is 128 cm³/mol. The molecule has 0 saturated heterocycles. The summed E-state index contributed by atoms with van der Waals surface area (Å²) in [5.41, 5.74) is 3.04. The molecule has 1 aliphatic heterocycles. The van der Waals surface area contributed by atoms with E-state index < -0.39 is 28.9 Å². The highest BCUT2D eigenvalue weighted by Crippen LogP contribution is 2.56. The average molecular weight is 487 g/mol. The zero-order chi connectivity index (χ0) is 24.0. The van der Waals surface area contributed by atoms with Crippen molar-refractivity contribution in [3.63, 3.8) is 0 Å². The van der Waals surface area contributed by atoms with Gasteiger partial charge in [0.2, 0.25) is 0 Å². The van der Waals surface area contributed by atoms with Crippen LogP contribution in [0.15, 0.2) is 56.6 Å². The van der Waals surface area contributed by atoms with Crippen molar-refractivity contribution in [1.29, 1.82) is 0 Å². The number of carboxylic acid groups (broad SMARTS) is 1. The van der Waals surface area contributed by atoms with E-state index in [4.69, 9.17) is 9.84 Å². The highest BCUT2D eigenvalue weighted by atomic mass is 32.3. The summed E-state index contributed by atoms with van der Waals surface area (Å²) in [4.78, 5) is 24.2. The van der Waals surface area contributed by atoms with E-state index in [-0.39, 0.29) is 33.5 Å². The molecule has 0 amide bonds. The second kappa shape index (κ2) is 8.24. The maximum atomic E-state index is 13.5. The van der Waals surface area contributed by atoms with Crippen molar-refractivity contribution in [3.05, 3.63) is 58.4 Å². The number of pyridine rings is 1. The number of carbonyl (C=O) groups is 1. The van der Waals surface area contributed by atoms with Crippen LogP contribution < -0.4 is 21.0 Å². The number of fused-ring (bicyclic) bond motifs is 2. The van der Waals surface area contributed by atoms with Gasteiger partial charge < -0.3 is 25.7 Å². The molecule has 1 aliphatic carbocycles. The Morgan fingerprint density at radius 1 is 1.24 bits per heavy atom. The summed E-state index contributed by atoms with van der Waals surface area (Å²) in [6.45, 7) is -0.0105. The molecule has 0 bridgehead atoms. The van der Waals surface area contributed by atoms with E-state index in [2.05, 4.69) is 15.1 Å². The fourth-order valence-corrected chi connectivity index (χ4v) is 4.92. The largest absolute Gasteiger partial charge is 0.506 e. The van der Waals surface area contributed by atoms with Gasteiger partial charge in [0.25, 0.3) is 5.56 Å². The van der Waals surface area contributed by atoms with E-state index in [1.54, 1.807) is 24.3 Å². The molecule has 1 fully saturated rings. The van der Waals surface area contributed by atoms with Crippen LogP contribution in [0.3, 0.4) is 0 Å². The van der Waals surface area contributed by atoms with Gasteiger partial charge >= 0.3 is 5.97 Å². The van der Waals surface area contributed by atoms with Crippen LogP contribution in [0, 0.1) is 5.92 Å². The first-order valence-corrected chi connectivity index (χ1v) is 12.0. The maximum absolute atomic E-state index is 13.5. The van der Waals surface area contributed by atoms with Crippen molar-refractivity contribution in [3.8, 4) is 11.5 Å². The lowest BCUT2D eigenvalue weighted by atomic mass is 10.1. The van der Waals surface area contributed by atoms with E-state index >= 15 is 0 Å². The lowest BCUT2D eigenvalue weighted by Crippen LogP contribution is -2.36. The van der Waals surface area contributed by atoms with Gasteiger partial charge in [0, 0.05) is 18.0 Å². The lowest BCUT2D eigenvalue weighted by molar-refractivity contribution is -0.139. The number of rotatable bonds is 7. The molecule has 0 spiro atoms. The highest BCUT2D eigenvalue weighted by molar-refractivity contribution is 8.23. The average Bonchev–Trinajstić information content (AvgIpc) is 3.62. The Morgan fingerprint density at radius 2 is 2.00 bits per heavy atom. The quantitative estimate of drug-likeness (QED) is 0.294. The van der Waals surface area contributed by atoms with Gasteiger partial charge in [0.15, 0.2) is 12.4 Å². The Kier molecular flexibility index (Phi) is 5.35. The number of aromatic hydroxyl groups is 1. The number of benzene rings is 2. The Labute approximate surface area is 194 Å². The van der Waals surface area contributed by atoms with Crippen molar-refractivity contribution >= 4 is 39.2 Å². The molecule has 34 heavy (non-hydrogen) atoms. The summed E-state index contributed by atoms with van der Waals surface area (Å²) in [6.07, 6.45) is 2.16. The number of nitrogens with zero attached hydrogens (tertiary/aromatic N) is 2. The molecule has 6 N–H and O–H groups in total. The summed E-state index contributed by atoms with van der Waals surface area (Å²) in [5, 5.41) is 23.1. The molecule has 3 aromatic rings. The van der Waals surface area contributed by atoms with Gasteiger partial charge in [-0.1, -0.05) is 22.9 Å². The van der Waals surface area contributed by atoms with Crippen molar-refractivity contribution in [2.24, 2.45) is 10.3 Å². The molecule has 0 radical (unpaired) electrons. The standard InChI is InChI=1S/C22H22N4O7S/c27-18(28)11-33-13-7-8-15-17(9-13)34(31,32)25-21(24-15)19-20(29)14-3-1-2-4-16(14)26(22(19)30)23-10-12-5-6-12/h1-4,7-9,12,23,29,31-32H,5-6,10-11H2,(H,24,25)(H,27,28). The monoisotopic (exact) mass is 486 g/mol. The summed E-state index contributed by atoms with van der Waals surface area (Å²) in [7, 11) is -3.80. The third-order valence-electron chi connectivity index (χ3n) is 5.61. The lowest BCUT2D eigenvalue weighted by Gasteiger charge is -2.34. The normalized spacial score (nSPS) is 17.3. The molecule has 11 nitrogen and oxygen atoms in total. The molecule has 2 heterocycles. The summed E-state index contributed by atoms with van der Waals surface area (Å²) in [6, 6.07) is 11.0. The molecule has 0 atom stereocenters. The van der Waals surface area contributed by atoms with Crippen molar-refractivity contribution < 1.29 is 28.8 Å². The number of para-hydroxylation sites is 1. The van der Waals surface area contributed by atoms with Crippen molar-refractivity contribution in [1.82, 2.24) is 4.68 Å². The number of hydrogen-bond acceptors (Lipinski definition) is 9. The fraction of sp³-hybridized carbons (Fsp3) is 0.227.